The zero-order valence-corrected chi connectivity index (χ0v) is 27.4. The Hall–Kier alpha value is -3.86. The number of imide groups is 1. The van der Waals surface area contributed by atoms with Crippen LogP contribution in [0, 0.1) is 36.5 Å². The number of ether oxygens (including phenoxy) is 1. The summed E-state index contributed by atoms with van der Waals surface area (Å²) in [5, 5.41) is 4.27. The van der Waals surface area contributed by atoms with E-state index in [4.69, 9.17) is 16.3 Å². The number of methoxy groups -OCH3 is 1. The van der Waals surface area contributed by atoms with Gasteiger partial charge in [-0.3, -0.25) is 28.6 Å². The molecular formula is C35H30ClN3O5S2. The number of benzene rings is 3. The number of halogens is 1. The Balaban J connectivity index is 1.18. The summed E-state index contributed by atoms with van der Waals surface area (Å²) in [5.41, 5.74) is 3.28. The number of thioether (sulfide) groups is 1. The molecule has 8 nitrogen and oxygen atoms in total. The van der Waals surface area contributed by atoms with Gasteiger partial charge >= 0.3 is 4.87 Å². The Morgan fingerprint density at radius 2 is 1.70 bits per heavy atom. The van der Waals surface area contributed by atoms with Crippen LogP contribution in [0.4, 0.5) is 11.4 Å². The van der Waals surface area contributed by atoms with Crippen LogP contribution in [-0.4, -0.2) is 34.6 Å². The number of thiazole rings is 1. The number of anilines is 2. The van der Waals surface area contributed by atoms with Gasteiger partial charge in [-0.15, -0.1) is 11.8 Å². The second kappa shape index (κ2) is 11.1. The highest BCUT2D eigenvalue weighted by Crippen LogP contribution is 2.69. The molecule has 7 unspecified atom stereocenters. The third-order valence-corrected chi connectivity index (χ3v) is 13.2. The molecule has 8 rings (SSSR count). The number of aryl methyl sites for hydroxylation is 1. The fourth-order valence-electron chi connectivity index (χ4n) is 8.35. The van der Waals surface area contributed by atoms with Gasteiger partial charge in [0.2, 0.25) is 17.7 Å². The molecule has 2 aliphatic carbocycles. The molecule has 11 heteroatoms. The summed E-state index contributed by atoms with van der Waals surface area (Å²) in [5.74, 6) is -0.829. The molecule has 0 radical (unpaired) electrons. The van der Waals surface area contributed by atoms with Crippen LogP contribution in [-0.2, 0) is 20.9 Å². The molecule has 1 saturated heterocycles. The van der Waals surface area contributed by atoms with Crippen LogP contribution in [0.15, 0.2) is 82.6 Å². The third-order valence-electron chi connectivity index (χ3n) is 10.1. The molecule has 2 bridgehead atoms. The average Bonchev–Trinajstić information content (AvgIpc) is 3.76. The number of hydrogen-bond acceptors (Lipinski definition) is 7. The van der Waals surface area contributed by atoms with E-state index in [0.29, 0.717) is 16.4 Å². The predicted molar refractivity (Wildman–Crippen MR) is 179 cm³/mol. The SMILES string of the molecule is COc1ccc(C2c3sc(=O)n(CC(=O)Nc4cccc(C)c4)c3SC3C4CC(C5C(=O)N(c6ccc(Cl)cc6)C(=O)C45)C23)cc1. The number of nitrogens with one attached hydrogen (secondary N) is 1. The Bertz CT molecular complexity index is 1960. The molecule has 3 heterocycles. The maximum atomic E-state index is 14.0. The van der Waals surface area contributed by atoms with E-state index in [0.717, 1.165) is 33.2 Å². The summed E-state index contributed by atoms with van der Waals surface area (Å²) in [4.78, 5) is 56.9. The van der Waals surface area contributed by atoms with E-state index in [9.17, 15) is 19.2 Å². The number of aromatic nitrogens is 1. The normalized spacial score (nSPS) is 27.4. The van der Waals surface area contributed by atoms with Gasteiger partial charge < -0.3 is 10.1 Å². The van der Waals surface area contributed by atoms with Gasteiger partial charge in [-0.25, -0.2) is 0 Å². The van der Waals surface area contributed by atoms with E-state index in [1.54, 1.807) is 47.7 Å². The van der Waals surface area contributed by atoms with Crippen molar-refractivity contribution >= 4 is 63.8 Å². The van der Waals surface area contributed by atoms with Crippen molar-refractivity contribution in [1.29, 1.82) is 0 Å². The first kappa shape index (κ1) is 29.5. The van der Waals surface area contributed by atoms with Crippen molar-refractivity contribution in [2.24, 2.45) is 29.6 Å². The maximum Gasteiger partial charge on any atom is 0.308 e. The lowest BCUT2D eigenvalue weighted by atomic mass is 9.68. The van der Waals surface area contributed by atoms with Crippen molar-refractivity contribution in [2.75, 3.05) is 17.3 Å². The highest BCUT2D eigenvalue weighted by Gasteiger charge is 2.69. The van der Waals surface area contributed by atoms with Gasteiger partial charge in [0.25, 0.3) is 0 Å². The number of carbonyl (C=O) groups is 3. The van der Waals surface area contributed by atoms with Gasteiger partial charge in [-0.05, 0) is 90.8 Å². The summed E-state index contributed by atoms with van der Waals surface area (Å²) >= 11 is 8.91. The van der Waals surface area contributed by atoms with Gasteiger partial charge in [0.05, 0.1) is 29.7 Å². The minimum atomic E-state index is -0.413. The van der Waals surface area contributed by atoms with E-state index in [-0.39, 0.29) is 58.1 Å². The van der Waals surface area contributed by atoms with Crippen LogP contribution in [0.3, 0.4) is 0 Å². The van der Waals surface area contributed by atoms with Crippen LogP contribution in [0.25, 0.3) is 0 Å². The van der Waals surface area contributed by atoms with E-state index in [1.165, 1.54) is 16.2 Å². The number of amides is 3. The summed E-state index contributed by atoms with van der Waals surface area (Å²) < 4.78 is 7.02. The van der Waals surface area contributed by atoms with Crippen molar-refractivity contribution in [2.45, 2.75) is 36.1 Å². The van der Waals surface area contributed by atoms with Crippen molar-refractivity contribution in [3.63, 3.8) is 0 Å². The van der Waals surface area contributed by atoms with E-state index >= 15 is 0 Å². The standard InChI is InChI=1S/C35H30ClN3O5S2/c1-17-4-3-5-20(14-17)37-25(40)16-38-34-31(46-35(38)43)26(18-6-12-22(44-2)13-7-18)27-23-15-24(30(27)45-34)29-28(23)32(41)39(33(29)42)21-10-8-19(36)9-11-21/h3-14,23-24,26-30H,15-16H2,1-2H3,(H,37,40). The Morgan fingerprint density at radius 3 is 2.39 bits per heavy atom. The monoisotopic (exact) mass is 671 g/mol. The van der Waals surface area contributed by atoms with E-state index in [2.05, 4.69) is 5.32 Å². The molecule has 2 aliphatic heterocycles. The summed E-state index contributed by atoms with van der Waals surface area (Å²) in [6, 6.07) is 22.3. The highest BCUT2D eigenvalue weighted by molar-refractivity contribution is 8.00. The average molecular weight is 672 g/mol. The minimum Gasteiger partial charge on any atom is -0.497 e. The molecule has 4 aromatic rings. The van der Waals surface area contributed by atoms with Gasteiger partial charge in [-0.2, -0.15) is 0 Å². The Labute approximate surface area is 278 Å². The zero-order valence-electron chi connectivity index (χ0n) is 25.0. The van der Waals surface area contributed by atoms with Crippen molar-refractivity contribution in [1.82, 2.24) is 4.57 Å². The Kier molecular flexibility index (Phi) is 7.15. The number of carbonyl (C=O) groups excluding carboxylic acids is 3. The summed E-state index contributed by atoms with van der Waals surface area (Å²) in [7, 11) is 1.62. The van der Waals surface area contributed by atoms with Crippen molar-refractivity contribution in [3.05, 3.63) is 103 Å². The molecule has 3 amide bonds. The van der Waals surface area contributed by atoms with Crippen molar-refractivity contribution < 1.29 is 19.1 Å². The number of fused-ring (bicyclic) bond motifs is 9. The summed E-state index contributed by atoms with van der Waals surface area (Å²) in [6.45, 7) is 1.85. The highest BCUT2D eigenvalue weighted by atomic mass is 35.5. The molecule has 0 spiro atoms. The molecule has 3 aromatic carbocycles. The number of rotatable bonds is 6. The van der Waals surface area contributed by atoms with E-state index < -0.39 is 11.8 Å². The number of nitrogens with zero attached hydrogens (tertiary/aromatic N) is 2. The second-order valence-electron chi connectivity index (χ2n) is 12.6. The molecule has 2 saturated carbocycles. The molecular weight excluding hydrogens is 642 g/mol. The zero-order chi connectivity index (χ0) is 31.9. The second-order valence-corrected chi connectivity index (χ2v) is 15.2. The first-order valence-corrected chi connectivity index (χ1v) is 17.3. The molecule has 7 atom stereocenters. The molecule has 4 aliphatic rings. The first-order valence-electron chi connectivity index (χ1n) is 15.3. The lowest BCUT2D eigenvalue weighted by Crippen LogP contribution is -2.43. The van der Waals surface area contributed by atoms with Gasteiger partial charge in [0.15, 0.2) is 0 Å². The van der Waals surface area contributed by atoms with Gasteiger partial charge in [-0.1, -0.05) is 47.2 Å². The predicted octanol–water partition coefficient (Wildman–Crippen LogP) is 6.20. The van der Waals surface area contributed by atoms with Crippen LogP contribution in [0.2, 0.25) is 5.02 Å². The Morgan fingerprint density at radius 1 is 0.978 bits per heavy atom. The number of hydrogen-bond donors (Lipinski definition) is 1. The molecule has 234 valence electrons. The first-order chi connectivity index (χ1) is 22.2. The van der Waals surface area contributed by atoms with E-state index in [1.807, 2.05) is 55.5 Å². The molecule has 1 N–H and O–H groups in total. The smallest absolute Gasteiger partial charge is 0.308 e. The van der Waals surface area contributed by atoms with Crippen LogP contribution in [0.5, 0.6) is 5.75 Å². The summed E-state index contributed by atoms with van der Waals surface area (Å²) in [6.07, 6.45) is 0.781. The van der Waals surface area contributed by atoms with Crippen LogP contribution < -0.4 is 19.8 Å². The fraction of sp³-hybridized carbons (Fsp3) is 0.314. The van der Waals surface area contributed by atoms with Crippen LogP contribution >= 0.6 is 34.7 Å². The fourth-order valence-corrected chi connectivity index (χ4v) is 11.6. The topological polar surface area (TPSA) is 97.7 Å². The lowest BCUT2D eigenvalue weighted by molar-refractivity contribution is -0.123. The maximum absolute atomic E-state index is 14.0. The lowest BCUT2D eigenvalue weighted by Gasteiger charge is -2.43. The molecule has 3 fully saturated rings. The third kappa shape index (κ3) is 4.56. The van der Waals surface area contributed by atoms with Gasteiger partial charge in [0, 0.05) is 26.8 Å². The molecule has 46 heavy (non-hydrogen) atoms. The minimum absolute atomic E-state index is 0.00727. The quantitative estimate of drug-likeness (QED) is 0.245. The van der Waals surface area contributed by atoms with Gasteiger partial charge in [0.1, 0.15) is 12.3 Å². The largest absolute Gasteiger partial charge is 0.497 e. The van der Waals surface area contributed by atoms with Crippen molar-refractivity contribution in [3.8, 4) is 5.75 Å². The molecule has 1 aromatic heterocycles. The van der Waals surface area contributed by atoms with Crippen LogP contribution in [0.1, 0.15) is 28.3 Å².